The highest BCUT2D eigenvalue weighted by atomic mass is 16.5. The van der Waals surface area contributed by atoms with E-state index in [1.807, 2.05) is 41.5 Å². The van der Waals surface area contributed by atoms with E-state index >= 15 is 33.6 Å². The van der Waals surface area contributed by atoms with Gasteiger partial charge in [-0.15, -0.1) is 0 Å². The van der Waals surface area contributed by atoms with E-state index in [-0.39, 0.29) is 62.9 Å². The second-order valence-corrected chi connectivity index (χ2v) is 29.6. The van der Waals surface area contributed by atoms with Crippen molar-refractivity contribution in [1.82, 2.24) is 60.5 Å². The van der Waals surface area contributed by atoms with Gasteiger partial charge >= 0.3 is 0 Å². The van der Waals surface area contributed by atoms with E-state index in [1.165, 1.54) is 96.6 Å². The standard InChI is InChI=1S/C70H126N12O15/c1-25-27-29-46(13)58(83)57-62(87)73-49(26-2)64(89)79(22)54(40-97-33-28-30-82-31-34-96-35-32-82)67(92)78(21)53(39-70(16,17)95)61(86)74-55(44(9)10)68(93)75(18)50(36-41(3)4)60(85)71-47(14)59(84)72-48(15)63(88)76(19)51(37-42(5)6)65(90)77(20)52(38-43(7)8)66(91)80(23)56(45(11)12)69(94)81(57)24/h25,27,41-58,83,95H,26,28-40H2,1-24H3,(H,71,85)(H,72,84)(H,73,87)(H,74,86)/t46-,47+,48-,49+,50+,51+,52+,53+,54-,55+,56+,57+,58-/m1/s1. The highest BCUT2D eigenvalue weighted by Crippen LogP contribution is 2.27. The van der Waals surface area contributed by atoms with Crippen molar-refractivity contribution in [3.8, 4) is 0 Å². The molecule has 556 valence electrons. The molecule has 0 saturated carbocycles. The smallest absolute Gasteiger partial charge is 0.248 e. The Morgan fingerprint density at radius 2 is 0.990 bits per heavy atom. The maximum absolute atomic E-state index is 15.4. The lowest BCUT2D eigenvalue weighted by Gasteiger charge is -2.41. The molecule has 0 aromatic rings. The highest BCUT2D eigenvalue weighted by Gasteiger charge is 2.47. The molecule has 13 atom stereocenters. The molecule has 2 fully saturated rings. The summed E-state index contributed by atoms with van der Waals surface area (Å²) >= 11 is 0. The molecule has 0 aromatic carbocycles. The Morgan fingerprint density at radius 1 is 0.536 bits per heavy atom. The fourth-order valence-electron chi connectivity index (χ4n) is 12.4. The molecule has 11 amide bonds. The van der Waals surface area contributed by atoms with Crippen molar-refractivity contribution in [2.45, 2.75) is 241 Å². The van der Waals surface area contributed by atoms with Crippen LogP contribution in [0.25, 0.3) is 0 Å². The van der Waals surface area contributed by atoms with Gasteiger partial charge in [0.15, 0.2) is 0 Å². The molecule has 2 aliphatic heterocycles. The molecule has 0 aliphatic carbocycles. The van der Waals surface area contributed by atoms with Crippen LogP contribution in [0.2, 0.25) is 0 Å². The van der Waals surface area contributed by atoms with Crippen LogP contribution >= 0.6 is 0 Å². The molecule has 0 unspecified atom stereocenters. The number of morpholine rings is 1. The average molecular weight is 1380 g/mol. The van der Waals surface area contributed by atoms with E-state index in [9.17, 15) is 29.4 Å². The first-order valence-electron chi connectivity index (χ1n) is 35.0. The van der Waals surface area contributed by atoms with Crippen LogP contribution in [-0.2, 0) is 62.2 Å². The summed E-state index contributed by atoms with van der Waals surface area (Å²) in [7, 11) is 9.74. The molecule has 2 aliphatic rings. The summed E-state index contributed by atoms with van der Waals surface area (Å²) in [6.45, 7) is 31.8. The summed E-state index contributed by atoms with van der Waals surface area (Å²) in [4.78, 5) is 175. The molecule has 27 nitrogen and oxygen atoms in total. The normalized spacial score (nSPS) is 27.1. The van der Waals surface area contributed by atoms with Crippen molar-refractivity contribution in [3.63, 3.8) is 0 Å². The minimum absolute atomic E-state index is 0.0620. The number of hydrogen-bond donors (Lipinski definition) is 6. The number of amides is 11. The monoisotopic (exact) mass is 1370 g/mol. The number of aliphatic hydroxyl groups excluding tert-OH is 1. The average Bonchev–Trinajstić information content (AvgIpc) is 0.808. The van der Waals surface area contributed by atoms with E-state index in [2.05, 4.69) is 26.2 Å². The minimum Gasteiger partial charge on any atom is -0.390 e. The Hall–Kier alpha value is -6.29. The van der Waals surface area contributed by atoms with Crippen molar-refractivity contribution in [1.29, 1.82) is 0 Å². The van der Waals surface area contributed by atoms with Gasteiger partial charge in [0.2, 0.25) is 65.0 Å². The number of nitrogens with one attached hydrogen (secondary N) is 4. The summed E-state index contributed by atoms with van der Waals surface area (Å²) in [6, 6.07) is -14.8. The fraction of sp³-hybridized carbons (Fsp3) is 0.814. The number of carbonyl (C=O) groups excluding carboxylic acids is 11. The lowest BCUT2D eigenvalue weighted by molar-refractivity contribution is -0.157. The van der Waals surface area contributed by atoms with Gasteiger partial charge in [-0.3, -0.25) is 57.6 Å². The molecule has 2 rings (SSSR count). The van der Waals surface area contributed by atoms with Crippen molar-refractivity contribution in [2.75, 3.05) is 95.4 Å². The zero-order valence-corrected chi connectivity index (χ0v) is 63.2. The van der Waals surface area contributed by atoms with Crippen LogP contribution in [0.5, 0.6) is 0 Å². The van der Waals surface area contributed by atoms with Gasteiger partial charge in [-0.25, -0.2) is 0 Å². The van der Waals surface area contributed by atoms with Gasteiger partial charge in [0.1, 0.15) is 66.5 Å². The Labute approximate surface area is 579 Å². The number of rotatable bonds is 21. The van der Waals surface area contributed by atoms with Crippen molar-refractivity contribution >= 4 is 65.0 Å². The van der Waals surface area contributed by atoms with Gasteiger partial charge in [0.25, 0.3) is 0 Å². The number of carbonyl (C=O) groups is 11. The molecular formula is C70H126N12O15. The van der Waals surface area contributed by atoms with E-state index < -0.39 is 168 Å². The summed E-state index contributed by atoms with van der Waals surface area (Å²) < 4.78 is 11.7. The van der Waals surface area contributed by atoms with Crippen LogP contribution < -0.4 is 21.3 Å². The van der Waals surface area contributed by atoms with Crippen molar-refractivity contribution in [3.05, 3.63) is 12.2 Å². The molecule has 97 heavy (non-hydrogen) atoms. The second-order valence-electron chi connectivity index (χ2n) is 29.6. The minimum atomic E-state index is -1.68. The molecule has 2 saturated heterocycles. The van der Waals surface area contributed by atoms with Gasteiger partial charge in [0, 0.05) is 82.0 Å². The number of likely N-dealkylation sites (N-methyl/N-ethyl adjacent to an activating group) is 7. The third-order valence-electron chi connectivity index (χ3n) is 18.5. The lowest BCUT2D eigenvalue weighted by Crippen LogP contribution is -2.64. The zero-order chi connectivity index (χ0) is 74.4. The number of allylic oxidation sites excluding steroid dienone is 2. The fourth-order valence-corrected chi connectivity index (χ4v) is 12.4. The van der Waals surface area contributed by atoms with Crippen LogP contribution in [0.4, 0.5) is 0 Å². The van der Waals surface area contributed by atoms with Crippen LogP contribution in [-0.4, -0.2) is 288 Å². The molecular weight excluding hydrogens is 1250 g/mol. The number of hydrogen-bond acceptors (Lipinski definition) is 16. The van der Waals surface area contributed by atoms with E-state index in [0.29, 0.717) is 26.2 Å². The van der Waals surface area contributed by atoms with Crippen LogP contribution in [0.15, 0.2) is 12.2 Å². The maximum atomic E-state index is 15.4. The maximum Gasteiger partial charge on any atom is 0.248 e. The Morgan fingerprint density at radius 3 is 1.48 bits per heavy atom. The van der Waals surface area contributed by atoms with E-state index in [0.717, 1.165) is 27.8 Å². The summed E-state index contributed by atoms with van der Waals surface area (Å²) in [5.41, 5.74) is -1.61. The van der Waals surface area contributed by atoms with E-state index in [1.54, 1.807) is 60.6 Å². The quantitative estimate of drug-likeness (QED) is 0.0710. The zero-order valence-electron chi connectivity index (χ0n) is 63.2. The Balaban J connectivity index is 3.11. The van der Waals surface area contributed by atoms with Gasteiger partial charge in [0.05, 0.1) is 31.5 Å². The first-order chi connectivity index (χ1) is 45.0. The molecule has 27 heteroatoms. The van der Waals surface area contributed by atoms with Crippen molar-refractivity contribution in [2.24, 2.45) is 35.5 Å². The third-order valence-corrected chi connectivity index (χ3v) is 18.5. The number of nitrogens with zero attached hydrogens (tertiary/aromatic N) is 8. The van der Waals surface area contributed by atoms with Gasteiger partial charge < -0.3 is 75.3 Å². The highest BCUT2D eigenvalue weighted by molar-refractivity contribution is 6.00. The number of aliphatic hydroxyl groups is 2. The number of ether oxygens (including phenoxy) is 2. The van der Waals surface area contributed by atoms with Crippen molar-refractivity contribution < 1.29 is 72.4 Å². The molecule has 6 N–H and O–H groups in total. The van der Waals surface area contributed by atoms with Gasteiger partial charge in [-0.05, 0) is 109 Å². The first kappa shape index (κ1) is 86.8. The first-order valence-corrected chi connectivity index (χ1v) is 35.0. The Kier molecular flexibility index (Phi) is 35.9. The summed E-state index contributed by atoms with van der Waals surface area (Å²) in [5.74, 6) is -10.6. The second kappa shape index (κ2) is 40.1. The molecule has 0 spiro atoms. The molecule has 0 aromatic heterocycles. The Bertz CT molecular complexity index is 2640. The molecule has 2 heterocycles. The largest absolute Gasteiger partial charge is 0.390 e. The predicted octanol–water partition coefficient (Wildman–Crippen LogP) is 2.49. The van der Waals surface area contributed by atoms with Crippen LogP contribution in [0.3, 0.4) is 0 Å². The predicted molar refractivity (Wildman–Crippen MR) is 372 cm³/mol. The van der Waals surface area contributed by atoms with E-state index in [4.69, 9.17) is 9.47 Å². The molecule has 0 bridgehead atoms. The van der Waals surface area contributed by atoms with Crippen LogP contribution in [0, 0.1) is 35.5 Å². The summed E-state index contributed by atoms with van der Waals surface area (Å²) in [6.07, 6.45) is 2.76. The SMILES string of the molecule is CC=CC[C@@H](C)[C@@H](O)[C@H]1C(=O)N[C@@H](CC)C(=O)N(C)[C@H](COCCCN2CCOCC2)C(=O)N(C)[C@@H](CC(C)(C)O)C(=O)N[C@@H](C(C)C)C(=O)N(C)[C@@H](CC(C)C)C(=O)N[C@@H](C)C(=O)N[C@H](C)C(=O)N(C)[C@@H](CC(C)C)C(=O)N(C)[C@@H](CC(C)C)C(=O)N(C)[C@@H](C(C)C)C(=O)N1C. The van der Waals surface area contributed by atoms with Gasteiger partial charge in [-0.1, -0.05) is 95.2 Å². The van der Waals surface area contributed by atoms with Crippen LogP contribution in [0.1, 0.15) is 163 Å². The third kappa shape index (κ3) is 25.4. The molecule has 0 radical (unpaired) electrons. The van der Waals surface area contributed by atoms with Gasteiger partial charge in [-0.2, -0.15) is 0 Å². The summed E-state index contributed by atoms with van der Waals surface area (Å²) in [5, 5.41) is 34.8. The topological polar surface area (TPSA) is 321 Å². The lowest BCUT2D eigenvalue weighted by atomic mass is 9.91.